The van der Waals surface area contributed by atoms with Crippen molar-refractivity contribution < 1.29 is 18.0 Å². The number of halogens is 3. The zero-order valence-electron chi connectivity index (χ0n) is 13.0. The number of aryl methyl sites for hydroxylation is 2. The number of hydrogen-bond donors (Lipinski definition) is 1. The largest absolute Gasteiger partial charge is 0.416 e. The Morgan fingerprint density at radius 3 is 2.26 bits per heavy atom. The summed E-state index contributed by atoms with van der Waals surface area (Å²) in [6, 6.07) is 10.6. The lowest BCUT2D eigenvalue weighted by atomic mass is 10.1. The molecule has 0 aliphatic rings. The van der Waals surface area contributed by atoms with E-state index in [1.165, 1.54) is 12.1 Å². The molecule has 0 fully saturated rings. The average Bonchev–Trinajstić information content (AvgIpc) is 2.46. The van der Waals surface area contributed by atoms with Crippen molar-refractivity contribution in [2.24, 2.45) is 0 Å². The lowest BCUT2D eigenvalue weighted by molar-refractivity contribution is -0.137. The van der Waals surface area contributed by atoms with Crippen LogP contribution in [0, 0.1) is 13.8 Å². The predicted molar refractivity (Wildman–Crippen MR) is 82.9 cm³/mol. The zero-order chi connectivity index (χ0) is 17.0. The summed E-state index contributed by atoms with van der Waals surface area (Å²) in [5.74, 6) is -0.218. The highest BCUT2D eigenvalue weighted by molar-refractivity contribution is 5.78. The molecule has 0 unspecified atom stereocenters. The Labute approximate surface area is 133 Å². The van der Waals surface area contributed by atoms with Gasteiger partial charge in [0, 0.05) is 6.54 Å². The van der Waals surface area contributed by atoms with Crippen LogP contribution >= 0.6 is 0 Å². The monoisotopic (exact) mass is 321 g/mol. The normalized spacial score (nSPS) is 11.3. The van der Waals surface area contributed by atoms with Gasteiger partial charge in [0.25, 0.3) is 0 Å². The van der Waals surface area contributed by atoms with Gasteiger partial charge in [-0.15, -0.1) is 0 Å². The number of rotatable bonds is 4. The van der Waals surface area contributed by atoms with Crippen molar-refractivity contribution in [2.45, 2.75) is 33.0 Å². The predicted octanol–water partition coefficient (Wildman–Crippen LogP) is 4.18. The summed E-state index contributed by atoms with van der Waals surface area (Å²) >= 11 is 0. The molecule has 0 atom stereocenters. The maximum absolute atomic E-state index is 12.5. The molecule has 2 rings (SSSR count). The summed E-state index contributed by atoms with van der Waals surface area (Å²) < 4.78 is 37.4. The fraction of sp³-hybridized carbons (Fsp3) is 0.278. The standard InChI is InChI=1S/C18H18F3NO/c1-12-3-6-15(13(2)9-12)11-22-17(23)10-14-4-7-16(8-5-14)18(19,20)21/h3-9H,10-11H2,1-2H3,(H,22,23). The van der Waals surface area contributed by atoms with Crippen LogP contribution in [0.3, 0.4) is 0 Å². The zero-order valence-corrected chi connectivity index (χ0v) is 13.0. The first kappa shape index (κ1) is 17.1. The Hall–Kier alpha value is -2.30. The van der Waals surface area contributed by atoms with Gasteiger partial charge in [-0.2, -0.15) is 13.2 Å². The molecule has 0 saturated carbocycles. The quantitative estimate of drug-likeness (QED) is 0.899. The molecule has 2 aromatic carbocycles. The van der Waals surface area contributed by atoms with Crippen LogP contribution < -0.4 is 5.32 Å². The number of carbonyl (C=O) groups excluding carboxylic acids is 1. The Morgan fingerprint density at radius 2 is 1.70 bits per heavy atom. The molecule has 122 valence electrons. The Kier molecular flexibility index (Phi) is 5.08. The van der Waals surface area contributed by atoms with Gasteiger partial charge in [0.1, 0.15) is 0 Å². The molecule has 1 N–H and O–H groups in total. The van der Waals surface area contributed by atoms with Gasteiger partial charge < -0.3 is 5.32 Å². The molecular weight excluding hydrogens is 303 g/mol. The fourth-order valence-corrected chi connectivity index (χ4v) is 2.30. The van der Waals surface area contributed by atoms with E-state index in [2.05, 4.69) is 5.32 Å². The lowest BCUT2D eigenvalue weighted by Gasteiger charge is -2.10. The molecule has 2 aromatic rings. The molecule has 0 aromatic heterocycles. The number of benzene rings is 2. The first-order chi connectivity index (χ1) is 10.8. The van der Waals surface area contributed by atoms with Gasteiger partial charge in [-0.3, -0.25) is 4.79 Å². The summed E-state index contributed by atoms with van der Waals surface area (Å²) in [5, 5.41) is 2.79. The highest BCUT2D eigenvalue weighted by atomic mass is 19.4. The molecule has 23 heavy (non-hydrogen) atoms. The van der Waals surface area contributed by atoms with E-state index < -0.39 is 11.7 Å². The van der Waals surface area contributed by atoms with Gasteiger partial charge in [-0.05, 0) is 42.7 Å². The minimum atomic E-state index is -4.36. The molecule has 0 spiro atoms. The van der Waals surface area contributed by atoms with Crippen LogP contribution in [0.5, 0.6) is 0 Å². The summed E-state index contributed by atoms with van der Waals surface area (Å²) in [4.78, 5) is 11.9. The third-order valence-corrected chi connectivity index (χ3v) is 3.62. The summed E-state index contributed by atoms with van der Waals surface area (Å²) in [6.07, 6.45) is -4.30. The molecule has 1 amide bonds. The number of carbonyl (C=O) groups is 1. The van der Waals surface area contributed by atoms with Crippen molar-refractivity contribution in [3.63, 3.8) is 0 Å². The number of nitrogens with one attached hydrogen (secondary N) is 1. The second kappa shape index (κ2) is 6.86. The molecule has 0 bridgehead atoms. The SMILES string of the molecule is Cc1ccc(CNC(=O)Cc2ccc(C(F)(F)F)cc2)c(C)c1. The summed E-state index contributed by atoms with van der Waals surface area (Å²) in [6.45, 7) is 4.38. The van der Waals surface area contributed by atoms with Gasteiger partial charge in [0.2, 0.25) is 5.91 Å². The van der Waals surface area contributed by atoms with Crippen molar-refractivity contribution in [3.05, 3.63) is 70.3 Å². The maximum atomic E-state index is 12.5. The molecule has 0 aliphatic carbocycles. The summed E-state index contributed by atoms with van der Waals surface area (Å²) in [5.41, 5.74) is 3.12. The van der Waals surface area contributed by atoms with Crippen LogP contribution in [0.2, 0.25) is 0 Å². The van der Waals surface area contributed by atoms with E-state index in [9.17, 15) is 18.0 Å². The molecule has 0 heterocycles. The highest BCUT2D eigenvalue weighted by Gasteiger charge is 2.29. The van der Waals surface area contributed by atoms with Crippen LogP contribution in [-0.2, 0) is 23.9 Å². The van der Waals surface area contributed by atoms with Crippen LogP contribution in [0.4, 0.5) is 13.2 Å². The molecule has 5 heteroatoms. The van der Waals surface area contributed by atoms with Gasteiger partial charge >= 0.3 is 6.18 Å². The van der Waals surface area contributed by atoms with Crippen LogP contribution in [-0.4, -0.2) is 5.91 Å². The van der Waals surface area contributed by atoms with E-state index in [1.807, 2.05) is 32.0 Å². The second-order valence-electron chi connectivity index (χ2n) is 5.58. The van der Waals surface area contributed by atoms with E-state index in [0.29, 0.717) is 12.1 Å². The first-order valence-corrected chi connectivity index (χ1v) is 7.24. The van der Waals surface area contributed by atoms with E-state index in [4.69, 9.17) is 0 Å². The number of amides is 1. The average molecular weight is 321 g/mol. The van der Waals surface area contributed by atoms with Crippen molar-refractivity contribution in [1.82, 2.24) is 5.32 Å². The minimum absolute atomic E-state index is 0.0586. The Morgan fingerprint density at radius 1 is 1.04 bits per heavy atom. The maximum Gasteiger partial charge on any atom is 0.416 e. The molecule has 0 radical (unpaired) electrons. The van der Waals surface area contributed by atoms with Crippen LogP contribution in [0.25, 0.3) is 0 Å². The van der Waals surface area contributed by atoms with E-state index in [0.717, 1.165) is 28.8 Å². The molecule has 2 nitrogen and oxygen atoms in total. The van der Waals surface area contributed by atoms with Gasteiger partial charge in [0.15, 0.2) is 0 Å². The van der Waals surface area contributed by atoms with Crippen molar-refractivity contribution >= 4 is 5.91 Å². The van der Waals surface area contributed by atoms with Crippen molar-refractivity contribution in [1.29, 1.82) is 0 Å². The van der Waals surface area contributed by atoms with Crippen molar-refractivity contribution in [2.75, 3.05) is 0 Å². The van der Waals surface area contributed by atoms with Crippen LogP contribution in [0.1, 0.15) is 27.8 Å². The molecule has 0 saturated heterocycles. The van der Waals surface area contributed by atoms with Crippen LogP contribution in [0.15, 0.2) is 42.5 Å². The lowest BCUT2D eigenvalue weighted by Crippen LogP contribution is -2.25. The third kappa shape index (κ3) is 4.84. The topological polar surface area (TPSA) is 29.1 Å². The van der Waals surface area contributed by atoms with E-state index >= 15 is 0 Å². The van der Waals surface area contributed by atoms with Gasteiger partial charge in [-0.25, -0.2) is 0 Å². The second-order valence-corrected chi connectivity index (χ2v) is 5.58. The number of hydrogen-bond acceptors (Lipinski definition) is 1. The van der Waals surface area contributed by atoms with E-state index in [-0.39, 0.29) is 12.3 Å². The third-order valence-electron chi connectivity index (χ3n) is 3.62. The molecular formula is C18H18F3NO. The summed E-state index contributed by atoms with van der Waals surface area (Å²) in [7, 11) is 0. The van der Waals surface area contributed by atoms with E-state index in [1.54, 1.807) is 0 Å². The molecule has 0 aliphatic heterocycles. The highest BCUT2D eigenvalue weighted by Crippen LogP contribution is 2.29. The van der Waals surface area contributed by atoms with Crippen molar-refractivity contribution in [3.8, 4) is 0 Å². The minimum Gasteiger partial charge on any atom is -0.352 e. The smallest absolute Gasteiger partial charge is 0.352 e. The Bertz CT molecular complexity index is 690. The van der Waals surface area contributed by atoms with Gasteiger partial charge in [0.05, 0.1) is 12.0 Å². The Balaban J connectivity index is 1.92. The van der Waals surface area contributed by atoms with Gasteiger partial charge in [-0.1, -0.05) is 35.9 Å². The fourth-order valence-electron chi connectivity index (χ4n) is 2.30. The first-order valence-electron chi connectivity index (χ1n) is 7.24. The number of alkyl halides is 3.